The zero-order valence-electron chi connectivity index (χ0n) is 18.1. The van der Waals surface area contributed by atoms with Crippen molar-refractivity contribution < 1.29 is 19.0 Å². The van der Waals surface area contributed by atoms with Gasteiger partial charge in [-0.1, -0.05) is 24.8 Å². The highest BCUT2D eigenvalue weighted by atomic mass is 16.7. The van der Waals surface area contributed by atoms with Crippen molar-refractivity contribution in [2.24, 2.45) is 0 Å². The van der Waals surface area contributed by atoms with Gasteiger partial charge in [0.1, 0.15) is 18.8 Å². The van der Waals surface area contributed by atoms with Crippen LogP contribution in [0.15, 0.2) is 36.9 Å². The molecule has 0 amide bonds. The minimum atomic E-state index is -0.655. The van der Waals surface area contributed by atoms with Gasteiger partial charge in [-0.05, 0) is 56.2 Å². The first-order valence-corrected chi connectivity index (χ1v) is 10.8. The number of carbonyl (C=O) groups excluding carboxylic acids is 1. The predicted octanol–water partition coefficient (Wildman–Crippen LogP) is 4.41. The molecule has 1 atom stereocenters. The molecule has 0 N–H and O–H groups in total. The van der Waals surface area contributed by atoms with E-state index in [-0.39, 0.29) is 18.3 Å². The molecule has 0 saturated carbocycles. The molecule has 0 spiro atoms. The van der Waals surface area contributed by atoms with E-state index < -0.39 is 11.8 Å². The Morgan fingerprint density at radius 2 is 2.03 bits per heavy atom. The first-order chi connectivity index (χ1) is 14.9. The van der Waals surface area contributed by atoms with Gasteiger partial charge in [0.2, 0.25) is 0 Å². The van der Waals surface area contributed by atoms with Gasteiger partial charge in [0.25, 0.3) is 0 Å². The molecule has 6 nitrogen and oxygen atoms in total. The van der Waals surface area contributed by atoms with E-state index in [1.54, 1.807) is 0 Å². The van der Waals surface area contributed by atoms with Crippen LogP contribution in [-0.2, 0) is 19.0 Å². The maximum atomic E-state index is 12.5. The summed E-state index contributed by atoms with van der Waals surface area (Å²) in [5, 5.41) is 11.6. The van der Waals surface area contributed by atoms with E-state index in [1.807, 2.05) is 44.2 Å². The number of fused-ring (bicyclic) bond motifs is 1. The number of benzene rings is 2. The molecule has 2 fully saturated rings. The summed E-state index contributed by atoms with van der Waals surface area (Å²) in [4.78, 5) is 14.8. The Morgan fingerprint density at radius 3 is 2.71 bits per heavy atom. The molecule has 31 heavy (non-hydrogen) atoms. The highest BCUT2D eigenvalue weighted by Crippen LogP contribution is 2.32. The first kappa shape index (κ1) is 21.4. The Hall–Kier alpha value is -2.88. The van der Waals surface area contributed by atoms with Crippen molar-refractivity contribution in [1.82, 2.24) is 0 Å². The van der Waals surface area contributed by atoms with Crippen LogP contribution in [-0.4, -0.2) is 44.2 Å². The minimum absolute atomic E-state index is 0.118. The van der Waals surface area contributed by atoms with Crippen LogP contribution in [0.4, 0.5) is 5.69 Å². The molecule has 162 valence electrons. The molecule has 2 aliphatic heterocycles. The van der Waals surface area contributed by atoms with Gasteiger partial charge in [0.05, 0.1) is 23.4 Å². The van der Waals surface area contributed by atoms with Crippen molar-refractivity contribution in [1.29, 1.82) is 5.26 Å². The summed E-state index contributed by atoms with van der Waals surface area (Å²) in [5.41, 5.74) is 2.62. The third-order valence-corrected chi connectivity index (χ3v) is 5.87. The lowest BCUT2D eigenvalue weighted by molar-refractivity contribution is -0.154. The summed E-state index contributed by atoms with van der Waals surface area (Å²) in [7, 11) is 0. The summed E-state index contributed by atoms with van der Waals surface area (Å²) in [6.45, 7) is 10.0. The SMILES string of the molecule is C=C(C(=O)OCC1COC(C)(C)O1)c1ccc2c(C#N)c(N3CCCCC3)ccc2c1. The Morgan fingerprint density at radius 1 is 1.26 bits per heavy atom. The molecule has 2 saturated heterocycles. The van der Waals surface area contributed by atoms with Gasteiger partial charge in [0, 0.05) is 18.5 Å². The van der Waals surface area contributed by atoms with E-state index in [9.17, 15) is 10.1 Å². The highest BCUT2D eigenvalue weighted by molar-refractivity contribution is 6.16. The molecule has 2 aromatic carbocycles. The molecule has 0 aliphatic carbocycles. The molecular formula is C25H28N2O4. The van der Waals surface area contributed by atoms with E-state index in [1.165, 1.54) is 6.42 Å². The number of anilines is 1. The average molecular weight is 421 g/mol. The number of nitrogens with zero attached hydrogens (tertiary/aromatic N) is 2. The van der Waals surface area contributed by atoms with E-state index in [0.29, 0.717) is 17.7 Å². The van der Waals surface area contributed by atoms with Crippen molar-refractivity contribution in [3.63, 3.8) is 0 Å². The maximum Gasteiger partial charge on any atom is 0.338 e. The number of rotatable bonds is 5. The third kappa shape index (κ3) is 4.58. The first-order valence-electron chi connectivity index (χ1n) is 10.8. The second kappa shape index (κ2) is 8.70. The van der Waals surface area contributed by atoms with E-state index in [0.717, 1.165) is 42.4 Å². The molecule has 1 unspecified atom stereocenters. The van der Waals surface area contributed by atoms with E-state index in [2.05, 4.69) is 17.5 Å². The zero-order valence-corrected chi connectivity index (χ0v) is 18.1. The average Bonchev–Trinajstić information content (AvgIpc) is 3.14. The van der Waals surface area contributed by atoms with Crippen molar-refractivity contribution >= 4 is 28.0 Å². The lowest BCUT2D eigenvalue weighted by Gasteiger charge is -2.30. The summed E-state index contributed by atoms with van der Waals surface area (Å²) in [5.74, 6) is -1.14. The fraction of sp³-hybridized carbons (Fsp3) is 0.440. The molecule has 0 bridgehead atoms. The molecular weight excluding hydrogens is 392 g/mol. The van der Waals surface area contributed by atoms with Gasteiger partial charge >= 0.3 is 5.97 Å². The van der Waals surface area contributed by atoms with Crippen LogP contribution in [0.25, 0.3) is 16.3 Å². The molecule has 2 aliphatic rings. The number of hydrogen-bond donors (Lipinski definition) is 0. The monoisotopic (exact) mass is 420 g/mol. The predicted molar refractivity (Wildman–Crippen MR) is 120 cm³/mol. The summed E-state index contributed by atoms with van der Waals surface area (Å²) < 4.78 is 16.5. The van der Waals surface area contributed by atoms with Crippen molar-refractivity contribution in [3.05, 3.63) is 48.0 Å². The molecule has 0 radical (unpaired) electrons. The Labute approximate surface area is 183 Å². The van der Waals surface area contributed by atoms with Crippen LogP contribution in [0.1, 0.15) is 44.2 Å². The molecule has 2 aromatic rings. The minimum Gasteiger partial charge on any atom is -0.459 e. The summed E-state index contributed by atoms with van der Waals surface area (Å²) in [6.07, 6.45) is 3.26. The van der Waals surface area contributed by atoms with E-state index >= 15 is 0 Å². The topological polar surface area (TPSA) is 71.8 Å². The quantitative estimate of drug-likeness (QED) is 0.527. The number of esters is 1. The number of piperidine rings is 1. The largest absolute Gasteiger partial charge is 0.459 e. The van der Waals surface area contributed by atoms with Crippen LogP contribution in [0.5, 0.6) is 0 Å². The molecule has 2 heterocycles. The number of carbonyl (C=O) groups is 1. The second-order valence-electron chi connectivity index (χ2n) is 8.58. The van der Waals surface area contributed by atoms with Crippen LogP contribution < -0.4 is 4.90 Å². The van der Waals surface area contributed by atoms with Crippen molar-refractivity contribution in [2.75, 3.05) is 31.2 Å². The fourth-order valence-corrected chi connectivity index (χ4v) is 4.24. The maximum absolute atomic E-state index is 12.5. The van der Waals surface area contributed by atoms with Crippen LogP contribution in [0.3, 0.4) is 0 Å². The van der Waals surface area contributed by atoms with Gasteiger partial charge in [0.15, 0.2) is 5.79 Å². The number of hydrogen-bond acceptors (Lipinski definition) is 6. The Bertz CT molecular complexity index is 1050. The fourth-order valence-electron chi connectivity index (χ4n) is 4.24. The molecule has 0 aromatic heterocycles. The van der Waals surface area contributed by atoms with Crippen LogP contribution in [0, 0.1) is 11.3 Å². The molecule has 6 heteroatoms. The van der Waals surface area contributed by atoms with Crippen molar-refractivity contribution in [3.8, 4) is 6.07 Å². The Kier molecular flexibility index (Phi) is 5.99. The highest BCUT2D eigenvalue weighted by Gasteiger charge is 2.33. The van der Waals surface area contributed by atoms with Gasteiger partial charge in [-0.25, -0.2) is 4.79 Å². The standard InChI is InChI=1S/C25H28N2O4/c1-17(24(28)29-15-20-16-30-25(2,3)31-20)18-7-9-21-19(13-18)8-10-23(22(21)14-26)27-11-5-4-6-12-27/h7-10,13,20H,1,4-6,11-12,15-16H2,2-3H3. The van der Waals surface area contributed by atoms with Crippen molar-refractivity contribution in [2.45, 2.75) is 45.0 Å². The van der Waals surface area contributed by atoms with Crippen LogP contribution >= 0.6 is 0 Å². The molecule has 4 rings (SSSR count). The summed E-state index contributed by atoms with van der Waals surface area (Å²) >= 11 is 0. The number of ether oxygens (including phenoxy) is 3. The van der Waals surface area contributed by atoms with Gasteiger partial charge in [-0.15, -0.1) is 0 Å². The van der Waals surface area contributed by atoms with Gasteiger partial charge in [-0.2, -0.15) is 5.26 Å². The summed E-state index contributed by atoms with van der Waals surface area (Å²) in [6, 6.07) is 12.0. The third-order valence-electron chi connectivity index (χ3n) is 5.87. The lowest BCUT2D eigenvalue weighted by atomic mass is 9.97. The second-order valence-corrected chi connectivity index (χ2v) is 8.58. The smallest absolute Gasteiger partial charge is 0.338 e. The number of nitriles is 1. The van der Waals surface area contributed by atoms with Crippen LogP contribution in [0.2, 0.25) is 0 Å². The zero-order chi connectivity index (χ0) is 22.0. The Balaban J connectivity index is 1.50. The van der Waals surface area contributed by atoms with Gasteiger partial charge in [-0.3, -0.25) is 0 Å². The normalized spacial score (nSPS) is 20.4. The van der Waals surface area contributed by atoms with E-state index in [4.69, 9.17) is 14.2 Å². The lowest BCUT2D eigenvalue weighted by Crippen LogP contribution is -2.30. The van der Waals surface area contributed by atoms with Gasteiger partial charge < -0.3 is 19.1 Å².